The summed E-state index contributed by atoms with van der Waals surface area (Å²) in [5.41, 5.74) is 1.05. The molecule has 0 N–H and O–H groups in total. The minimum atomic E-state index is -3.56. The first kappa shape index (κ1) is 25.0. The Bertz CT molecular complexity index is 962. The monoisotopic (exact) mass is 478 g/mol. The quantitative estimate of drug-likeness (QED) is 0.564. The van der Waals surface area contributed by atoms with E-state index in [1.165, 1.54) is 12.8 Å². The van der Waals surface area contributed by atoms with Gasteiger partial charge in [0, 0.05) is 25.2 Å². The van der Waals surface area contributed by atoms with Crippen LogP contribution in [0, 0.1) is 5.92 Å². The van der Waals surface area contributed by atoms with Crippen LogP contribution in [0.1, 0.15) is 44.6 Å². The van der Waals surface area contributed by atoms with Crippen molar-refractivity contribution in [2.75, 3.05) is 20.1 Å². The van der Waals surface area contributed by atoms with Gasteiger partial charge in [-0.2, -0.15) is 4.31 Å². The minimum absolute atomic E-state index is 0. The summed E-state index contributed by atoms with van der Waals surface area (Å²) < 4.78 is 34.1. The van der Waals surface area contributed by atoms with Gasteiger partial charge in [-0.25, -0.2) is 8.42 Å². The predicted octanol–water partition coefficient (Wildman–Crippen LogP) is 4.96. The first-order valence-corrected chi connectivity index (χ1v) is 12.9. The Kier molecular flexibility index (Phi) is 8.62. The fourth-order valence-electron chi connectivity index (χ4n) is 4.82. The van der Waals surface area contributed by atoms with Crippen molar-refractivity contribution in [3.05, 3.63) is 60.2 Å². The molecule has 2 unspecified atom stereocenters. The molecule has 0 aromatic heterocycles. The number of ether oxygens (including phenoxy) is 1. The summed E-state index contributed by atoms with van der Waals surface area (Å²) >= 11 is 0. The predicted molar refractivity (Wildman–Crippen MR) is 131 cm³/mol. The second-order valence-electron chi connectivity index (χ2n) is 9.11. The Labute approximate surface area is 199 Å². The molecule has 2 aromatic carbocycles. The van der Waals surface area contributed by atoms with E-state index in [9.17, 15) is 8.42 Å². The molecule has 0 amide bonds. The summed E-state index contributed by atoms with van der Waals surface area (Å²) in [4.78, 5) is 2.88. The van der Waals surface area contributed by atoms with Gasteiger partial charge in [0.15, 0.2) is 0 Å². The van der Waals surface area contributed by atoms with Gasteiger partial charge < -0.3 is 9.64 Å². The maximum Gasteiger partial charge on any atom is 0.243 e. The van der Waals surface area contributed by atoms with Gasteiger partial charge in [-0.1, -0.05) is 43.3 Å². The molecule has 2 fully saturated rings. The number of sulfonamides is 1. The van der Waals surface area contributed by atoms with E-state index < -0.39 is 10.0 Å². The van der Waals surface area contributed by atoms with Crippen LogP contribution in [0.15, 0.2) is 59.5 Å². The van der Waals surface area contributed by atoms with Crippen LogP contribution in [0.3, 0.4) is 0 Å². The van der Waals surface area contributed by atoms with Gasteiger partial charge in [-0.3, -0.25) is 0 Å². The molecule has 2 aromatic rings. The van der Waals surface area contributed by atoms with Crippen molar-refractivity contribution in [2.24, 2.45) is 5.92 Å². The molecular formula is C25H35ClN2O3S. The van der Waals surface area contributed by atoms with Crippen molar-refractivity contribution in [2.45, 2.75) is 62.6 Å². The van der Waals surface area contributed by atoms with Crippen molar-refractivity contribution >= 4 is 22.4 Å². The highest BCUT2D eigenvalue weighted by Gasteiger charge is 2.37. The summed E-state index contributed by atoms with van der Waals surface area (Å²) in [5.74, 6) is 1.39. The molecule has 7 heteroatoms. The zero-order valence-corrected chi connectivity index (χ0v) is 20.7. The Morgan fingerprint density at radius 2 is 1.72 bits per heavy atom. The Balaban J connectivity index is 0.00000289. The van der Waals surface area contributed by atoms with Gasteiger partial charge in [-0.05, 0) is 68.8 Å². The lowest BCUT2D eigenvalue weighted by molar-refractivity contribution is 0.136. The molecule has 1 aliphatic carbocycles. The smallest absolute Gasteiger partial charge is 0.243 e. The van der Waals surface area contributed by atoms with Crippen molar-refractivity contribution in [1.29, 1.82) is 0 Å². The van der Waals surface area contributed by atoms with Crippen molar-refractivity contribution in [3.63, 3.8) is 0 Å². The second-order valence-corrected chi connectivity index (χ2v) is 11.1. The lowest BCUT2D eigenvalue weighted by atomic mass is 9.97. The van der Waals surface area contributed by atoms with Gasteiger partial charge in [0.2, 0.25) is 10.0 Å². The lowest BCUT2D eigenvalue weighted by Gasteiger charge is -2.35. The molecule has 1 aliphatic heterocycles. The fourth-order valence-corrected chi connectivity index (χ4v) is 6.25. The molecule has 1 heterocycles. The van der Waals surface area contributed by atoms with Gasteiger partial charge >= 0.3 is 0 Å². The first-order chi connectivity index (χ1) is 14.9. The molecule has 2 aliphatic rings. The third-order valence-electron chi connectivity index (χ3n) is 6.96. The maximum atomic E-state index is 13.3. The van der Waals surface area contributed by atoms with Crippen LogP contribution in [0.25, 0.3) is 0 Å². The van der Waals surface area contributed by atoms with Gasteiger partial charge in [0.25, 0.3) is 0 Å². The summed E-state index contributed by atoms with van der Waals surface area (Å²) in [6.07, 6.45) is 5.44. The highest BCUT2D eigenvalue weighted by Crippen LogP contribution is 2.33. The number of hydrogen-bond donors (Lipinski definition) is 0. The molecule has 1 saturated heterocycles. The molecule has 4 rings (SSSR count). The van der Waals surface area contributed by atoms with E-state index in [1.807, 2.05) is 36.4 Å². The van der Waals surface area contributed by atoms with E-state index >= 15 is 0 Å². The molecular weight excluding hydrogens is 444 g/mol. The zero-order valence-electron chi connectivity index (χ0n) is 19.0. The summed E-state index contributed by atoms with van der Waals surface area (Å²) in [6, 6.07) is 17.3. The van der Waals surface area contributed by atoms with Crippen LogP contribution in [-0.2, 0) is 16.6 Å². The van der Waals surface area contributed by atoms with E-state index in [2.05, 4.69) is 11.8 Å². The largest absolute Gasteiger partial charge is 0.489 e. The van der Waals surface area contributed by atoms with E-state index in [1.54, 1.807) is 29.6 Å². The summed E-state index contributed by atoms with van der Waals surface area (Å²) in [7, 11) is -1.82. The fraction of sp³-hybridized carbons (Fsp3) is 0.520. The van der Waals surface area contributed by atoms with E-state index in [4.69, 9.17) is 4.74 Å². The first-order valence-electron chi connectivity index (χ1n) is 11.4. The second kappa shape index (κ2) is 11.0. The molecule has 0 radical (unpaired) electrons. The Morgan fingerprint density at radius 3 is 2.44 bits per heavy atom. The normalized spacial score (nSPS) is 22.6. The topological polar surface area (TPSA) is 49.9 Å². The number of nitrogens with zero attached hydrogens (tertiary/aromatic N) is 2. The van der Waals surface area contributed by atoms with E-state index in [0.717, 1.165) is 43.8 Å². The maximum absolute atomic E-state index is 13.3. The van der Waals surface area contributed by atoms with Crippen LogP contribution < -0.4 is 4.74 Å². The highest BCUT2D eigenvalue weighted by atomic mass is 35.5. The number of rotatable bonds is 7. The van der Waals surface area contributed by atoms with E-state index in [0.29, 0.717) is 23.3 Å². The number of hydrogen-bond acceptors (Lipinski definition) is 4. The zero-order chi connectivity index (χ0) is 21.8. The van der Waals surface area contributed by atoms with Crippen LogP contribution in [0.2, 0.25) is 0 Å². The minimum Gasteiger partial charge on any atom is -0.489 e. The SMILES string of the molecule is CC1CCN(C2CCC(N(C)S(=O)(=O)c3cccc(OCc4ccccc4)c3)C2)CC1.Cl. The van der Waals surface area contributed by atoms with Crippen molar-refractivity contribution in [1.82, 2.24) is 9.21 Å². The third-order valence-corrected chi connectivity index (χ3v) is 8.86. The third kappa shape index (κ3) is 5.84. The summed E-state index contributed by atoms with van der Waals surface area (Å²) in [6.45, 7) is 5.04. The molecule has 1 saturated carbocycles. The van der Waals surface area contributed by atoms with Crippen LogP contribution >= 0.6 is 12.4 Å². The molecule has 0 spiro atoms. The standard InChI is InChI=1S/C25H34N2O3S.ClH/c1-20-13-15-27(16-14-20)23-12-11-22(17-23)26(2)31(28,29)25-10-6-9-24(18-25)30-19-21-7-4-3-5-8-21;/h3-10,18,20,22-23H,11-17,19H2,1-2H3;1H. The number of benzene rings is 2. The number of likely N-dealkylation sites (tertiary alicyclic amines) is 1. The molecule has 5 nitrogen and oxygen atoms in total. The lowest BCUT2D eigenvalue weighted by Crippen LogP contribution is -2.41. The number of piperidine rings is 1. The van der Waals surface area contributed by atoms with Gasteiger partial charge in [0.1, 0.15) is 12.4 Å². The Hall–Kier alpha value is -1.60. The average Bonchev–Trinajstić information content (AvgIpc) is 3.28. The van der Waals surface area contributed by atoms with Crippen LogP contribution in [0.5, 0.6) is 5.75 Å². The van der Waals surface area contributed by atoms with Crippen molar-refractivity contribution in [3.8, 4) is 5.75 Å². The van der Waals surface area contributed by atoms with Gasteiger partial charge in [0.05, 0.1) is 4.90 Å². The highest BCUT2D eigenvalue weighted by molar-refractivity contribution is 7.89. The molecule has 176 valence electrons. The number of halogens is 1. The Morgan fingerprint density at radius 1 is 1.00 bits per heavy atom. The van der Waals surface area contributed by atoms with Crippen molar-refractivity contribution < 1.29 is 13.2 Å². The van der Waals surface area contributed by atoms with Gasteiger partial charge in [-0.15, -0.1) is 12.4 Å². The average molecular weight is 479 g/mol. The van der Waals surface area contributed by atoms with Crippen LogP contribution in [0.4, 0.5) is 0 Å². The molecule has 32 heavy (non-hydrogen) atoms. The summed E-state index contributed by atoms with van der Waals surface area (Å²) in [5, 5.41) is 0. The molecule has 0 bridgehead atoms. The van der Waals surface area contributed by atoms with Crippen LogP contribution in [-0.4, -0.2) is 49.8 Å². The van der Waals surface area contributed by atoms with E-state index in [-0.39, 0.29) is 18.4 Å². The molecule has 2 atom stereocenters.